The summed E-state index contributed by atoms with van der Waals surface area (Å²) in [5.41, 5.74) is 0.304. The molecule has 0 saturated heterocycles. The molecule has 0 unspecified atom stereocenters. The third-order valence-corrected chi connectivity index (χ3v) is 6.66. The molecule has 1 N–H and O–H groups in total. The Bertz CT molecular complexity index is 1190. The number of ether oxygens (including phenoxy) is 3. The van der Waals surface area contributed by atoms with Crippen LogP contribution in [0.2, 0.25) is 0 Å². The van der Waals surface area contributed by atoms with Crippen LogP contribution in [0, 0.1) is 0 Å². The highest BCUT2D eigenvalue weighted by atomic mass is 32.2. The number of nitrogens with zero attached hydrogens (tertiary/aromatic N) is 1. The second-order valence-corrected chi connectivity index (χ2v) is 9.03. The van der Waals surface area contributed by atoms with E-state index in [2.05, 4.69) is 5.32 Å². The predicted octanol–water partition coefficient (Wildman–Crippen LogP) is 2.85. The van der Waals surface area contributed by atoms with E-state index >= 15 is 0 Å². The minimum atomic E-state index is -4.00. The van der Waals surface area contributed by atoms with Crippen LogP contribution in [0.1, 0.15) is 0 Å². The summed E-state index contributed by atoms with van der Waals surface area (Å²) < 4.78 is 44.6. The van der Waals surface area contributed by atoms with Crippen molar-refractivity contribution in [2.24, 2.45) is 0 Å². The van der Waals surface area contributed by atoms with Gasteiger partial charge < -0.3 is 19.5 Å². The van der Waals surface area contributed by atoms with Crippen LogP contribution >= 0.6 is 0 Å². The summed E-state index contributed by atoms with van der Waals surface area (Å²) in [6, 6.07) is 22.0. The highest BCUT2D eigenvalue weighted by Crippen LogP contribution is 2.35. The van der Waals surface area contributed by atoms with Gasteiger partial charge in [0.1, 0.15) is 32.1 Å². The Kier molecular flexibility index (Phi) is 6.99. The highest BCUT2D eigenvalue weighted by Gasteiger charge is 2.28. The van der Waals surface area contributed by atoms with Crippen molar-refractivity contribution >= 4 is 21.6 Å². The van der Waals surface area contributed by atoms with Gasteiger partial charge in [-0.15, -0.1) is 0 Å². The number of rotatable bonds is 9. The third-order valence-electron chi connectivity index (χ3n) is 4.87. The van der Waals surface area contributed by atoms with Crippen LogP contribution in [-0.4, -0.2) is 47.2 Å². The fourth-order valence-electron chi connectivity index (χ4n) is 3.28. The molecule has 1 heterocycles. The molecule has 0 atom stereocenters. The number of carbonyl (C=O) groups is 1. The number of hydrogen-bond donors (Lipinski definition) is 1. The molecule has 1 aliphatic rings. The van der Waals surface area contributed by atoms with E-state index in [1.807, 2.05) is 30.3 Å². The van der Waals surface area contributed by atoms with Crippen molar-refractivity contribution in [1.82, 2.24) is 5.32 Å². The topological polar surface area (TPSA) is 94.2 Å². The molecular formula is C24H24N2O6S. The normalized spacial score (nSPS) is 12.6. The van der Waals surface area contributed by atoms with Crippen molar-refractivity contribution in [2.75, 3.05) is 37.2 Å². The van der Waals surface area contributed by atoms with E-state index in [1.54, 1.807) is 36.4 Å². The standard InChI is InChI=1S/C24H24N2O6S/c27-24(25-13-14-30-20-7-3-1-4-8-20)18-26(33(28,29)21-9-5-2-6-10-21)19-11-12-22-23(17-19)32-16-15-31-22/h1-12,17H,13-16,18H2,(H,25,27). The Labute approximate surface area is 192 Å². The van der Waals surface area contributed by atoms with Gasteiger partial charge in [0.25, 0.3) is 10.0 Å². The van der Waals surface area contributed by atoms with Crippen LogP contribution < -0.4 is 23.8 Å². The van der Waals surface area contributed by atoms with Gasteiger partial charge in [-0.05, 0) is 36.4 Å². The van der Waals surface area contributed by atoms with E-state index in [0.29, 0.717) is 36.1 Å². The van der Waals surface area contributed by atoms with Gasteiger partial charge in [-0.2, -0.15) is 0 Å². The highest BCUT2D eigenvalue weighted by molar-refractivity contribution is 7.92. The molecule has 9 heteroatoms. The molecule has 0 bridgehead atoms. The molecule has 0 radical (unpaired) electrons. The predicted molar refractivity (Wildman–Crippen MR) is 123 cm³/mol. The van der Waals surface area contributed by atoms with Gasteiger partial charge in [0, 0.05) is 6.07 Å². The van der Waals surface area contributed by atoms with Gasteiger partial charge in [-0.1, -0.05) is 36.4 Å². The third kappa shape index (κ3) is 5.56. The summed E-state index contributed by atoms with van der Waals surface area (Å²) in [7, 11) is -4.00. The van der Waals surface area contributed by atoms with E-state index in [0.717, 1.165) is 4.31 Å². The summed E-state index contributed by atoms with van der Waals surface area (Å²) in [5, 5.41) is 2.71. The number of fused-ring (bicyclic) bond motifs is 1. The zero-order valence-corrected chi connectivity index (χ0v) is 18.7. The maximum atomic E-state index is 13.4. The van der Waals surface area contributed by atoms with Gasteiger partial charge in [-0.25, -0.2) is 8.42 Å². The zero-order chi connectivity index (χ0) is 23.1. The number of nitrogens with one attached hydrogen (secondary N) is 1. The van der Waals surface area contributed by atoms with Crippen LogP contribution in [0.15, 0.2) is 83.8 Å². The van der Waals surface area contributed by atoms with Gasteiger partial charge in [0.15, 0.2) is 11.5 Å². The maximum Gasteiger partial charge on any atom is 0.264 e. The fraction of sp³-hybridized carbons (Fsp3) is 0.208. The fourth-order valence-corrected chi connectivity index (χ4v) is 4.72. The van der Waals surface area contributed by atoms with Crippen molar-refractivity contribution in [3.8, 4) is 17.2 Å². The van der Waals surface area contributed by atoms with Gasteiger partial charge in [0.05, 0.1) is 17.1 Å². The average Bonchev–Trinajstić information content (AvgIpc) is 2.86. The molecule has 3 aromatic carbocycles. The lowest BCUT2D eigenvalue weighted by Gasteiger charge is -2.26. The molecule has 33 heavy (non-hydrogen) atoms. The molecule has 0 aromatic heterocycles. The summed E-state index contributed by atoms with van der Waals surface area (Å²) in [4.78, 5) is 12.8. The monoisotopic (exact) mass is 468 g/mol. The van der Waals surface area contributed by atoms with Crippen LogP contribution in [0.3, 0.4) is 0 Å². The van der Waals surface area contributed by atoms with Crippen molar-refractivity contribution in [1.29, 1.82) is 0 Å². The first-order valence-corrected chi connectivity index (χ1v) is 11.9. The van der Waals surface area contributed by atoms with Crippen molar-refractivity contribution in [2.45, 2.75) is 4.90 Å². The molecule has 172 valence electrons. The molecule has 8 nitrogen and oxygen atoms in total. The van der Waals surface area contributed by atoms with Crippen LogP contribution in [0.25, 0.3) is 0 Å². The van der Waals surface area contributed by atoms with Crippen molar-refractivity contribution in [3.05, 3.63) is 78.9 Å². The van der Waals surface area contributed by atoms with Gasteiger partial charge >= 0.3 is 0 Å². The second kappa shape index (κ2) is 10.3. The molecule has 1 amide bonds. The molecule has 0 saturated carbocycles. The van der Waals surface area contributed by atoms with E-state index in [1.165, 1.54) is 12.1 Å². The summed E-state index contributed by atoms with van der Waals surface area (Å²) in [6.45, 7) is 0.872. The molecule has 0 aliphatic carbocycles. The van der Waals surface area contributed by atoms with E-state index in [4.69, 9.17) is 14.2 Å². The Balaban J connectivity index is 1.50. The van der Waals surface area contributed by atoms with E-state index in [-0.39, 0.29) is 18.0 Å². The number of hydrogen-bond acceptors (Lipinski definition) is 6. The van der Waals surface area contributed by atoms with Gasteiger partial charge in [-0.3, -0.25) is 9.10 Å². The first kappa shape index (κ1) is 22.5. The molecule has 0 spiro atoms. The van der Waals surface area contributed by atoms with Crippen LogP contribution in [0.4, 0.5) is 5.69 Å². The minimum absolute atomic E-state index is 0.0834. The Hall–Kier alpha value is -3.72. The molecule has 4 rings (SSSR count). The Morgan fingerprint density at radius 1 is 0.909 bits per heavy atom. The Morgan fingerprint density at radius 3 is 2.30 bits per heavy atom. The first-order valence-electron chi connectivity index (χ1n) is 10.5. The van der Waals surface area contributed by atoms with E-state index < -0.39 is 22.5 Å². The molecule has 3 aromatic rings. The average molecular weight is 469 g/mol. The first-order chi connectivity index (χ1) is 16.0. The lowest BCUT2D eigenvalue weighted by atomic mass is 10.2. The lowest BCUT2D eigenvalue weighted by Crippen LogP contribution is -2.42. The quantitative estimate of drug-likeness (QED) is 0.486. The van der Waals surface area contributed by atoms with Crippen LogP contribution in [0.5, 0.6) is 17.2 Å². The molecular weight excluding hydrogens is 444 g/mol. The number of sulfonamides is 1. The molecule has 1 aliphatic heterocycles. The SMILES string of the molecule is O=C(CN(c1ccc2c(c1)OCCO2)S(=O)(=O)c1ccccc1)NCCOc1ccccc1. The summed E-state index contributed by atoms with van der Waals surface area (Å²) >= 11 is 0. The number of anilines is 1. The molecule has 0 fully saturated rings. The largest absolute Gasteiger partial charge is 0.492 e. The summed E-state index contributed by atoms with van der Waals surface area (Å²) in [5.74, 6) is 1.20. The maximum absolute atomic E-state index is 13.4. The number of amides is 1. The van der Waals surface area contributed by atoms with Crippen molar-refractivity contribution < 1.29 is 27.4 Å². The van der Waals surface area contributed by atoms with E-state index in [9.17, 15) is 13.2 Å². The van der Waals surface area contributed by atoms with Crippen molar-refractivity contribution in [3.63, 3.8) is 0 Å². The lowest BCUT2D eigenvalue weighted by molar-refractivity contribution is -0.119. The zero-order valence-electron chi connectivity index (χ0n) is 17.8. The minimum Gasteiger partial charge on any atom is -0.492 e. The number of para-hydroxylation sites is 1. The van der Waals surface area contributed by atoms with Gasteiger partial charge in [0.2, 0.25) is 5.91 Å². The van der Waals surface area contributed by atoms with Crippen LogP contribution in [-0.2, 0) is 14.8 Å². The second-order valence-electron chi connectivity index (χ2n) is 7.16. The summed E-state index contributed by atoms with van der Waals surface area (Å²) in [6.07, 6.45) is 0. The number of carbonyl (C=O) groups excluding carboxylic acids is 1. The Morgan fingerprint density at radius 2 is 1.58 bits per heavy atom. The number of benzene rings is 3. The smallest absolute Gasteiger partial charge is 0.264 e.